The zero-order chi connectivity index (χ0) is 19.6. The van der Waals surface area contributed by atoms with Crippen LogP contribution in [-0.2, 0) is 9.47 Å². The summed E-state index contributed by atoms with van der Waals surface area (Å²) in [5, 5.41) is 5.51. The molecule has 0 heterocycles. The molecule has 0 unspecified atom stereocenters. The summed E-state index contributed by atoms with van der Waals surface area (Å²) < 4.78 is 9.59. The molecule has 2 aromatic carbocycles. The average molecular weight is 370 g/mol. The lowest BCUT2D eigenvalue weighted by Crippen LogP contribution is -2.25. The van der Waals surface area contributed by atoms with Gasteiger partial charge in [-0.25, -0.2) is 4.79 Å². The minimum atomic E-state index is -0.517. The van der Waals surface area contributed by atoms with E-state index in [2.05, 4.69) is 15.4 Å². The van der Waals surface area contributed by atoms with Crippen LogP contribution < -0.4 is 10.6 Å². The molecule has 2 N–H and O–H groups in total. The number of ether oxygens (including phenoxy) is 2. The van der Waals surface area contributed by atoms with Crippen molar-refractivity contribution in [3.63, 3.8) is 0 Å². The minimum absolute atomic E-state index is 0.227. The summed E-state index contributed by atoms with van der Waals surface area (Å²) in [4.78, 5) is 36.2. The fourth-order valence-corrected chi connectivity index (χ4v) is 2.37. The first kappa shape index (κ1) is 20.1. The van der Waals surface area contributed by atoms with E-state index in [1.54, 1.807) is 49.6 Å². The Hall–Kier alpha value is -3.19. The molecule has 0 bridgehead atoms. The molecular weight excluding hydrogens is 348 g/mol. The van der Waals surface area contributed by atoms with Gasteiger partial charge in [0.05, 0.1) is 12.7 Å². The monoisotopic (exact) mass is 370 g/mol. The highest BCUT2D eigenvalue weighted by molar-refractivity contribution is 6.06. The molecule has 0 aromatic heterocycles. The second kappa shape index (κ2) is 10.1. The number of methoxy groups -OCH3 is 2. The number of benzene rings is 2. The van der Waals surface area contributed by atoms with Crippen LogP contribution in [0.2, 0.25) is 0 Å². The van der Waals surface area contributed by atoms with E-state index >= 15 is 0 Å². The number of esters is 1. The number of carbonyl (C=O) groups is 3. The molecule has 142 valence electrons. The van der Waals surface area contributed by atoms with Gasteiger partial charge in [-0.1, -0.05) is 12.1 Å². The van der Waals surface area contributed by atoms with Gasteiger partial charge in [-0.3, -0.25) is 9.59 Å². The second-order valence-corrected chi connectivity index (χ2v) is 5.71. The maximum atomic E-state index is 12.4. The van der Waals surface area contributed by atoms with Crippen molar-refractivity contribution in [3.05, 3.63) is 65.2 Å². The Morgan fingerprint density at radius 3 is 2.26 bits per heavy atom. The van der Waals surface area contributed by atoms with E-state index < -0.39 is 11.9 Å². The first-order valence-electron chi connectivity index (χ1n) is 8.42. The van der Waals surface area contributed by atoms with Crippen molar-refractivity contribution in [1.29, 1.82) is 0 Å². The van der Waals surface area contributed by atoms with Gasteiger partial charge in [0.25, 0.3) is 11.8 Å². The van der Waals surface area contributed by atoms with Gasteiger partial charge in [0.2, 0.25) is 0 Å². The molecule has 0 aliphatic carbocycles. The highest BCUT2D eigenvalue weighted by Crippen LogP contribution is 2.14. The predicted octanol–water partition coefficient (Wildman–Crippen LogP) is 2.49. The molecule has 7 nitrogen and oxygen atoms in total. The molecule has 0 atom stereocenters. The lowest BCUT2D eigenvalue weighted by Gasteiger charge is -2.09. The normalized spacial score (nSPS) is 10.1. The van der Waals surface area contributed by atoms with Gasteiger partial charge in [-0.2, -0.15) is 0 Å². The van der Waals surface area contributed by atoms with Gasteiger partial charge < -0.3 is 20.1 Å². The van der Waals surface area contributed by atoms with E-state index in [-0.39, 0.29) is 11.5 Å². The van der Waals surface area contributed by atoms with Crippen LogP contribution in [0.25, 0.3) is 0 Å². The molecule has 0 aliphatic heterocycles. The van der Waals surface area contributed by atoms with Crippen LogP contribution in [0.4, 0.5) is 5.69 Å². The third-order valence-electron chi connectivity index (χ3n) is 3.74. The Morgan fingerprint density at radius 1 is 0.889 bits per heavy atom. The van der Waals surface area contributed by atoms with Crippen LogP contribution in [0.1, 0.15) is 37.5 Å². The van der Waals surface area contributed by atoms with Crippen molar-refractivity contribution < 1.29 is 23.9 Å². The van der Waals surface area contributed by atoms with Gasteiger partial charge in [-0.15, -0.1) is 0 Å². The van der Waals surface area contributed by atoms with E-state index in [0.717, 1.165) is 6.42 Å². The maximum Gasteiger partial charge on any atom is 0.337 e. The fourth-order valence-electron chi connectivity index (χ4n) is 2.37. The second-order valence-electron chi connectivity index (χ2n) is 5.71. The molecule has 7 heteroatoms. The van der Waals surface area contributed by atoms with Gasteiger partial charge in [0.1, 0.15) is 0 Å². The largest absolute Gasteiger partial charge is 0.465 e. The van der Waals surface area contributed by atoms with Crippen molar-refractivity contribution in [2.75, 3.05) is 32.7 Å². The highest BCUT2D eigenvalue weighted by Gasteiger charge is 2.12. The number of hydrogen-bond acceptors (Lipinski definition) is 5. The summed E-state index contributed by atoms with van der Waals surface area (Å²) >= 11 is 0. The molecule has 0 fully saturated rings. The number of amides is 2. The lowest BCUT2D eigenvalue weighted by atomic mass is 10.1. The van der Waals surface area contributed by atoms with Crippen molar-refractivity contribution in [1.82, 2.24) is 5.32 Å². The van der Waals surface area contributed by atoms with Gasteiger partial charge in [0, 0.05) is 37.1 Å². The molecule has 0 spiro atoms. The van der Waals surface area contributed by atoms with E-state index in [1.807, 2.05) is 0 Å². The lowest BCUT2D eigenvalue weighted by molar-refractivity contribution is 0.0600. The molecule has 27 heavy (non-hydrogen) atoms. The fraction of sp³-hybridized carbons (Fsp3) is 0.250. The van der Waals surface area contributed by atoms with Crippen LogP contribution in [0.3, 0.4) is 0 Å². The van der Waals surface area contributed by atoms with Crippen molar-refractivity contribution >= 4 is 23.5 Å². The summed E-state index contributed by atoms with van der Waals surface area (Å²) in [5.74, 6) is -1.13. The summed E-state index contributed by atoms with van der Waals surface area (Å²) in [7, 11) is 2.88. The van der Waals surface area contributed by atoms with Crippen LogP contribution in [0.5, 0.6) is 0 Å². The quantitative estimate of drug-likeness (QED) is 0.550. The third-order valence-corrected chi connectivity index (χ3v) is 3.74. The van der Waals surface area contributed by atoms with Crippen molar-refractivity contribution in [2.24, 2.45) is 0 Å². The van der Waals surface area contributed by atoms with Crippen molar-refractivity contribution in [2.45, 2.75) is 6.42 Å². The number of carbonyl (C=O) groups excluding carboxylic acids is 3. The van der Waals surface area contributed by atoms with Gasteiger partial charge in [0.15, 0.2) is 0 Å². The average Bonchev–Trinajstić information content (AvgIpc) is 2.70. The smallest absolute Gasteiger partial charge is 0.337 e. The number of anilines is 1. The van der Waals surface area contributed by atoms with Crippen molar-refractivity contribution in [3.8, 4) is 0 Å². The van der Waals surface area contributed by atoms with Gasteiger partial charge >= 0.3 is 5.97 Å². The SMILES string of the molecule is COCCCNC(=O)c1cccc(NC(=O)c2cccc(C(=O)OC)c2)c1. The standard InChI is InChI=1S/C20H22N2O5/c1-26-11-5-10-21-18(23)15-7-4-9-17(13-15)22-19(24)14-6-3-8-16(12-14)20(25)27-2/h3-4,6-9,12-13H,5,10-11H2,1-2H3,(H,21,23)(H,22,24). The predicted molar refractivity (Wildman–Crippen MR) is 101 cm³/mol. The number of nitrogens with one attached hydrogen (secondary N) is 2. The summed E-state index contributed by atoms with van der Waals surface area (Å²) in [6.45, 7) is 1.07. The molecule has 2 aromatic rings. The molecular formula is C20H22N2O5. The van der Waals surface area contributed by atoms with Crippen LogP contribution in [0, 0.1) is 0 Å². The zero-order valence-electron chi connectivity index (χ0n) is 15.3. The molecule has 2 amide bonds. The van der Waals surface area contributed by atoms with E-state index in [0.29, 0.717) is 30.0 Å². The number of hydrogen-bond donors (Lipinski definition) is 2. The Balaban J connectivity index is 2.04. The Labute approximate surface area is 157 Å². The van der Waals surface area contributed by atoms with Crippen LogP contribution in [-0.4, -0.2) is 45.2 Å². The number of rotatable bonds is 8. The third kappa shape index (κ3) is 5.93. The summed E-state index contributed by atoms with van der Waals surface area (Å²) in [5.41, 5.74) is 1.52. The van der Waals surface area contributed by atoms with E-state index in [9.17, 15) is 14.4 Å². The van der Waals surface area contributed by atoms with E-state index in [1.165, 1.54) is 13.2 Å². The van der Waals surface area contributed by atoms with Crippen LogP contribution in [0.15, 0.2) is 48.5 Å². The topological polar surface area (TPSA) is 93.7 Å². The summed E-state index contributed by atoms with van der Waals surface area (Å²) in [6, 6.07) is 12.8. The Morgan fingerprint density at radius 2 is 1.56 bits per heavy atom. The molecule has 0 saturated heterocycles. The van der Waals surface area contributed by atoms with Crippen LogP contribution >= 0.6 is 0 Å². The zero-order valence-corrected chi connectivity index (χ0v) is 15.3. The van der Waals surface area contributed by atoms with Gasteiger partial charge in [-0.05, 0) is 42.8 Å². The first-order valence-corrected chi connectivity index (χ1v) is 8.42. The maximum absolute atomic E-state index is 12.4. The summed E-state index contributed by atoms with van der Waals surface area (Å²) in [6.07, 6.45) is 0.717. The molecule has 0 saturated carbocycles. The highest BCUT2D eigenvalue weighted by atomic mass is 16.5. The first-order chi connectivity index (χ1) is 13.0. The minimum Gasteiger partial charge on any atom is -0.465 e. The Kier molecular flexibility index (Phi) is 7.51. The Bertz CT molecular complexity index is 820. The molecule has 0 radical (unpaired) electrons. The molecule has 2 rings (SSSR count). The van der Waals surface area contributed by atoms with E-state index in [4.69, 9.17) is 4.74 Å². The molecule has 0 aliphatic rings.